The minimum absolute atomic E-state index is 0.249. The van der Waals surface area contributed by atoms with E-state index in [0.717, 1.165) is 12.0 Å². The molecule has 0 unspecified atom stereocenters. The number of nitrogens with two attached hydrogens (primary N) is 1. The average Bonchev–Trinajstić information content (AvgIpc) is 2.47. The van der Waals surface area contributed by atoms with E-state index in [9.17, 15) is 4.39 Å². The van der Waals surface area contributed by atoms with Crippen molar-refractivity contribution in [3.05, 3.63) is 59.0 Å². The Bertz CT molecular complexity index is 630. The summed E-state index contributed by atoms with van der Waals surface area (Å²) in [6.45, 7) is 0. The van der Waals surface area contributed by atoms with Gasteiger partial charge < -0.3 is 10.5 Å². The number of methoxy groups -OCH3 is 1. The van der Waals surface area contributed by atoms with E-state index < -0.39 is 5.54 Å². The molecule has 1 aliphatic rings. The minimum Gasteiger partial charge on any atom is -0.481 e. The Balaban J connectivity index is 2.05. The van der Waals surface area contributed by atoms with Crippen molar-refractivity contribution in [2.24, 2.45) is 5.73 Å². The molecule has 0 saturated carbocycles. The van der Waals surface area contributed by atoms with Crippen molar-refractivity contribution < 1.29 is 9.13 Å². The highest BCUT2D eigenvalue weighted by atomic mass is 19.1. The third-order valence-corrected chi connectivity index (χ3v) is 4.05. The molecule has 104 valence electrons. The van der Waals surface area contributed by atoms with Gasteiger partial charge in [0.25, 0.3) is 0 Å². The summed E-state index contributed by atoms with van der Waals surface area (Å²) in [5.41, 5.74) is 8.54. The van der Waals surface area contributed by atoms with Crippen LogP contribution in [0.3, 0.4) is 0 Å². The zero-order valence-electron chi connectivity index (χ0n) is 11.4. The third-order valence-electron chi connectivity index (χ3n) is 4.05. The Hall–Kier alpha value is -1.94. The minimum atomic E-state index is -0.700. The molecular weight excluding hydrogens is 255 g/mol. The second kappa shape index (κ2) is 4.87. The van der Waals surface area contributed by atoms with Gasteiger partial charge in [-0.15, -0.1) is 0 Å². The summed E-state index contributed by atoms with van der Waals surface area (Å²) < 4.78 is 19.4. The van der Waals surface area contributed by atoms with Crippen LogP contribution in [-0.2, 0) is 18.4 Å². The van der Waals surface area contributed by atoms with Crippen LogP contribution in [0.25, 0.3) is 0 Å². The highest BCUT2D eigenvalue weighted by Crippen LogP contribution is 2.38. The van der Waals surface area contributed by atoms with Gasteiger partial charge in [-0.2, -0.15) is 0 Å². The second-order valence-electron chi connectivity index (χ2n) is 5.27. The monoisotopic (exact) mass is 272 g/mol. The normalized spacial score (nSPS) is 21.4. The molecule has 4 heteroatoms. The Kier molecular flexibility index (Phi) is 3.18. The van der Waals surface area contributed by atoms with Crippen LogP contribution in [0.15, 0.2) is 36.5 Å². The molecule has 0 spiro atoms. The van der Waals surface area contributed by atoms with Gasteiger partial charge in [0.1, 0.15) is 5.82 Å². The molecule has 1 aromatic heterocycles. The van der Waals surface area contributed by atoms with E-state index in [2.05, 4.69) is 4.98 Å². The van der Waals surface area contributed by atoms with Gasteiger partial charge >= 0.3 is 0 Å². The first-order chi connectivity index (χ1) is 9.64. The Morgan fingerprint density at radius 2 is 2.10 bits per heavy atom. The van der Waals surface area contributed by atoms with Gasteiger partial charge in [-0.25, -0.2) is 9.37 Å². The summed E-state index contributed by atoms with van der Waals surface area (Å²) in [5.74, 6) is 0.342. The summed E-state index contributed by atoms with van der Waals surface area (Å²) >= 11 is 0. The number of benzene rings is 1. The molecule has 2 N–H and O–H groups in total. The summed E-state index contributed by atoms with van der Waals surface area (Å²) in [4.78, 5) is 4.22. The number of rotatable bonds is 2. The SMILES string of the molecule is COc1nccc2c1C[C@@](N)(c1ccccc1F)CC2. The van der Waals surface area contributed by atoms with Crippen molar-refractivity contribution in [1.82, 2.24) is 4.98 Å². The van der Waals surface area contributed by atoms with E-state index in [-0.39, 0.29) is 5.82 Å². The van der Waals surface area contributed by atoms with Crippen LogP contribution in [0.4, 0.5) is 4.39 Å². The lowest BCUT2D eigenvalue weighted by atomic mass is 9.75. The van der Waals surface area contributed by atoms with Crippen molar-refractivity contribution in [2.75, 3.05) is 7.11 Å². The summed E-state index contributed by atoms with van der Waals surface area (Å²) in [6.07, 6.45) is 3.80. The van der Waals surface area contributed by atoms with Gasteiger partial charge in [0.05, 0.1) is 7.11 Å². The molecule has 1 atom stereocenters. The van der Waals surface area contributed by atoms with Crippen molar-refractivity contribution >= 4 is 0 Å². The van der Waals surface area contributed by atoms with Crippen LogP contribution in [0.2, 0.25) is 0 Å². The predicted molar refractivity (Wildman–Crippen MR) is 75.1 cm³/mol. The molecule has 1 aromatic carbocycles. The molecule has 1 aliphatic carbocycles. The van der Waals surface area contributed by atoms with Crippen LogP contribution in [0.1, 0.15) is 23.1 Å². The fourth-order valence-electron chi connectivity index (χ4n) is 2.97. The van der Waals surface area contributed by atoms with Crippen molar-refractivity contribution in [2.45, 2.75) is 24.8 Å². The second-order valence-corrected chi connectivity index (χ2v) is 5.27. The molecule has 0 radical (unpaired) electrons. The van der Waals surface area contributed by atoms with Gasteiger partial charge in [-0.3, -0.25) is 0 Å². The smallest absolute Gasteiger partial charge is 0.216 e. The molecule has 1 heterocycles. The quantitative estimate of drug-likeness (QED) is 0.914. The molecule has 0 saturated heterocycles. The lowest BCUT2D eigenvalue weighted by molar-refractivity contribution is 0.343. The first-order valence-corrected chi connectivity index (χ1v) is 6.69. The Labute approximate surface area is 117 Å². The number of aryl methyl sites for hydroxylation is 1. The standard InChI is InChI=1S/C16H17FN2O/c1-20-15-12-10-16(18,8-6-11(12)7-9-19-15)13-4-2-3-5-14(13)17/h2-5,7,9H,6,8,10,18H2,1H3/t16-/m1/s1. The number of hydrogen-bond donors (Lipinski definition) is 1. The van der Waals surface area contributed by atoms with Crippen LogP contribution < -0.4 is 10.5 Å². The molecule has 0 aliphatic heterocycles. The fraction of sp³-hybridized carbons (Fsp3) is 0.312. The zero-order chi connectivity index (χ0) is 14.2. The molecule has 3 nitrogen and oxygen atoms in total. The Morgan fingerprint density at radius 3 is 2.85 bits per heavy atom. The van der Waals surface area contributed by atoms with E-state index in [1.807, 2.05) is 12.1 Å². The molecule has 20 heavy (non-hydrogen) atoms. The van der Waals surface area contributed by atoms with E-state index in [1.54, 1.807) is 25.4 Å². The van der Waals surface area contributed by atoms with Crippen molar-refractivity contribution in [3.8, 4) is 5.88 Å². The van der Waals surface area contributed by atoms with Crippen molar-refractivity contribution in [3.63, 3.8) is 0 Å². The lowest BCUT2D eigenvalue weighted by Crippen LogP contribution is -2.43. The summed E-state index contributed by atoms with van der Waals surface area (Å²) in [7, 11) is 1.60. The summed E-state index contributed by atoms with van der Waals surface area (Å²) in [5, 5.41) is 0. The van der Waals surface area contributed by atoms with Crippen molar-refractivity contribution in [1.29, 1.82) is 0 Å². The van der Waals surface area contributed by atoms with Gasteiger partial charge in [0.15, 0.2) is 0 Å². The maximum atomic E-state index is 14.1. The predicted octanol–water partition coefficient (Wildman–Crippen LogP) is 2.57. The van der Waals surface area contributed by atoms with E-state index >= 15 is 0 Å². The fourth-order valence-corrected chi connectivity index (χ4v) is 2.97. The van der Waals surface area contributed by atoms with Gasteiger partial charge in [-0.1, -0.05) is 18.2 Å². The van der Waals surface area contributed by atoms with Gasteiger partial charge in [0.2, 0.25) is 5.88 Å². The first kappa shape index (κ1) is 13.1. The van der Waals surface area contributed by atoms with E-state index in [0.29, 0.717) is 24.3 Å². The third kappa shape index (κ3) is 2.06. The van der Waals surface area contributed by atoms with Crippen LogP contribution in [0.5, 0.6) is 5.88 Å². The molecule has 0 amide bonds. The van der Waals surface area contributed by atoms with Gasteiger partial charge in [0, 0.05) is 29.3 Å². The van der Waals surface area contributed by atoms with E-state index in [4.69, 9.17) is 10.5 Å². The highest BCUT2D eigenvalue weighted by molar-refractivity contribution is 5.41. The van der Waals surface area contributed by atoms with Crippen LogP contribution in [0, 0.1) is 5.82 Å². The van der Waals surface area contributed by atoms with Crippen LogP contribution >= 0.6 is 0 Å². The number of fused-ring (bicyclic) bond motifs is 1. The number of nitrogens with zero attached hydrogens (tertiary/aromatic N) is 1. The number of hydrogen-bond acceptors (Lipinski definition) is 3. The summed E-state index contributed by atoms with van der Waals surface area (Å²) in [6, 6.07) is 8.71. The lowest BCUT2D eigenvalue weighted by Gasteiger charge is -2.35. The number of aromatic nitrogens is 1. The maximum absolute atomic E-state index is 14.1. The molecule has 0 fully saturated rings. The Morgan fingerprint density at radius 1 is 1.30 bits per heavy atom. The highest BCUT2D eigenvalue weighted by Gasteiger charge is 2.35. The molecule has 2 aromatic rings. The maximum Gasteiger partial charge on any atom is 0.216 e. The first-order valence-electron chi connectivity index (χ1n) is 6.69. The molecular formula is C16H17FN2O. The number of pyridine rings is 1. The number of halogens is 1. The molecule has 0 bridgehead atoms. The average molecular weight is 272 g/mol. The zero-order valence-corrected chi connectivity index (χ0v) is 11.4. The molecule has 3 rings (SSSR count). The van der Waals surface area contributed by atoms with Gasteiger partial charge in [-0.05, 0) is 30.5 Å². The van der Waals surface area contributed by atoms with E-state index in [1.165, 1.54) is 11.6 Å². The van der Waals surface area contributed by atoms with Crippen LogP contribution in [-0.4, -0.2) is 12.1 Å². The largest absolute Gasteiger partial charge is 0.481 e. The topological polar surface area (TPSA) is 48.1 Å². The number of ether oxygens (including phenoxy) is 1.